The first-order valence-electron chi connectivity index (χ1n) is 7.84. The number of carbonyl (C=O) groups is 1. The van der Waals surface area contributed by atoms with Gasteiger partial charge in [0.2, 0.25) is 5.76 Å². The number of hydrogen-bond donors (Lipinski definition) is 0. The van der Waals surface area contributed by atoms with Gasteiger partial charge >= 0.3 is 12.1 Å². The molecule has 0 aliphatic rings. The molecule has 1 aromatic carbocycles. The molecule has 0 aliphatic carbocycles. The molecule has 138 valence electrons. The Kier molecular flexibility index (Phi) is 7.89. The topological polar surface area (TPSA) is 48.4 Å². The number of fused-ring (bicyclic) bond motifs is 1. The summed E-state index contributed by atoms with van der Waals surface area (Å²) in [5.74, 6) is -1.57. The molecule has 0 bridgehead atoms. The van der Waals surface area contributed by atoms with Gasteiger partial charge in [-0.1, -0.05) is 13.8 Å². The number of nitrogens with zero attached hydrogens (tertiary/aromatic N) is 1. The fourth-order valence-electron chi connectivity index (χ4n) is 1.82. The summed E-state index contributed by atoms with van der Waals surface area (Å²) >= 11 is 1.04. The number of aromatic nitrogens is 1. The molecule has 2 rings (SSSR count). The lowest BCUT2D eigenvalue weighted by Gasteiger charge is -2.10. The van der Waals surface area contributed by atoms with Gasteiger partial charge in [0.1, 0.15) is 5.01 Å². The molecule has 0 radical (unpaired) electrons. The summed E-state index contributed by atoms with van der Waals surface area (Å²) < 4.78 is 48.6. The normalized spacial score (nSPS) is 11.7. The van der Waals surface area contributed by atoms with E-state index < -0.39 is 17.9 Å². The van der Waals surface area contributed by atoms with E-state index in [4.69, 9.17) is 4.74 Å². The third kappa shape index (κ3) is 5.74. The first kappa shape index (κ1) is 21.0. The minimum Gasteiger partial charge on any atom is -0.489 e. The van der Waals surface area contributed by atoms with Gasteiger partial charge < -0.3 is 9.47 Å². The minimum absolute atomic E-state index is 0.0940. The number of hydrogen-bond acceptors (Lipinski definition) is 5. The quantitative estimate of drug-likeness (QED) is 0.516. The second-order valence-electron chi connectivity index (χ2n) is 4.39. The van der Waals surface area contributed by atoms with E-state index in [1.807, 2.05) is 13.8 Å². The molecule has 1 heterocycles. The van der Waals surface area contributed by atoms with Gasteiger partial charge in [0, 0.05) is 6.08 Å². The van der Waals surface area contributed by atoms with E-state index in [0.29, 0.717) is 15.8 Å². The Balaban J connectivity index is 0.00000151. The lowest BCUT2D eigenvalue weighted by Crippen LogP contribution is -2.14. The van der Waals surface area contributed by atoms with Crippen LogP contribution in [-0.4, -0.2) is 30.3 Å². The van der Waals surface area contributed by atoms with E-state index in [2.05, 4.69) is 9.72 Å². The zero-order chi connectivity index (χ0) is 19.0. The van der Waals surface area contributed by atoms with E-state index in [1.165, 1.54) is 13.0 Å². The SMILES string of the molecule is CC.CCOC(=O)c1ccc2nc(/C=C(\OCC)C(F)(F)F)sc2c1. The van der Waals surface area contributed by atoms with Crippen molar-refractivity contribution in [2.24, 2.45) is 0 Å². The molecule has 0 amide bonds. The Hall–Kier alpha value is -2.09. The van der Waals surface area contributed by atoms with Crippen LogP contribution < -0.4 is 0 Å². The summed E-state index contributed by atoms with van der Waals surface area (Å²) in [6.07, 6.45) is -3.72. The number of carbonyl (C=O) groups excluding carboxylic acids is 1. The van der Waals surface area contributed by atoms with Gasteiger partial charge in [-0.25, -0.2) is 9.78 Å². The van der Waals surface area contributed by atoms with Crippen molar-refractivity contribution in [3.8, 4) is 0 Å². The molecule has 25 heavy (non-hydrogen) atoms. The first-order chi connectivity index (χ1) is 11.8. The number of benzene rings is 1. The number of halogens is 3. The summed E-state index contributed by atoms with van der Waals surface area (Å²) in [6, 6.07) is 4.65. The summed E-state index contributed by atoms with van der Waals surface area (Å²) in [4.78, 5) is 15.8. The van der Waals surface area contributed by atoms with E-state index in [-0.39, 0.29) is 18.2 Å². The van der Waals surface area contributed by atoms with Gasteiger partial charge in [0.05, 0.1) is 29.0 Å². The highest BCUT2D eigenvalue weighted by atomic mass is 32.1. The molecule has 0 saturated carbocycles. The number of alkyl halides is 3. The third-order valence-corrected chi connectivity index (χ3v) is 3.72. The second kappa shape index (κ2) is 9.41. The molecule has 4 nitrogen and oxygen atoms in total. The lowest BCUT2D eigenvalue weighted by molar-refractivity contribution is -0.128. The Morgan fingerprint density at radius 2 is 1.84 bits per heavy atom. The predicted octanol–water partition coefficient (Wildman–Crippen LogP) is 5.44. The van der Waals surface area contributed by atoms with Crippen molar-refractivity contribution in [3.05, 3.63) is 34.5 Å². The average molecular weight is 375 g/mol. The zero-order valence-corrected chi connectivity index (χ0v) is 15.3. The van der Waals surface area contributed by atoms with Crippen LogP contribution in [0.5, 0.6) is 0 Å². The number of rotatable bonds is 5. The maximum Gasteiger partial charge on any atom is 0.449 e. The van der Waals surface area contributed by atoms with Gasteiger partial charge in [0.15, 0.2) is 0 Å². The van der Waals surface area contributed by atoms with Crippen LogP contribution in [0.1, 0.15) is 43.1 Å². The number of ether oxygens (including phenoxy) is 2. The average Bonchev–Trinajstić information content (AvgIpc) is 2.97. The van der Waals surface area contributed by atoms with Crippen molar-refractivity contribution in [3.63, 3.8) is 0 Å². The zero-order valence-electron chi connectivity index (χ0n) is 14.4. The van der Waals surface area contributed by atoms with Crippen LogP contribution >= 0.6 is 11.3 Å². The molecule has 1 aromatic heterocycles. The van der Waals surface area contributed by atoms with Crippen molar-refractivity contribution >= 4 is 33.6 Å². The highest BCUT2D eigenvalue weighted by molar-refractivity contribution is 7.19. The summed E-state index contributed by atoms with van der Waals surface area (Å²) in [5, 5.41) is 0.154. The van der Waals surface area contributed by atoms with Crippen LogP contribution in [0.15, 0.2) is 24.0 Å². The van der Waals surface area contributed by atoms with Crippen molar-refractivity contribution in [2.45, 2.75) is 33.9 Å². The van der Waals surface area contributed by atoms with Crippen LogP contribution in [0, 0.1) is 0 Å². The van der Waals surface area contributed by atoms with E-state index >= 15 is 0 Å². The molecule has 0 atom stereocenters. The predicted molar refractivity (Wildman–Crippen MR) is 92.6 cm³/mol. The molecule has 0 N–H and O–H groups in total. The molecular formula is C17H20F3NO3S. The van der Waals surface area contributed by atoms with Crippen LogP contribution in [0.3, 0.4) is 0 Å². The van der Waals surface area contributed by atoms with E-state index in [0.717, 1.165) is 17.4 Å². The summed E-state index contributed by atoms with van der Waals surface area (Å²) in [6.45, 7) is 7.32. The maximum absolute atomic E-state index is 12.8. The fraction of sp³-hybridized carbons (Fsp3) is 0.412. The maximum atomic E-state index is 12.8. The molecule has 0 aliphatic heterocycles. The summed E-state index contributed by atoms with van der Waals surface area (Å²) in [5.41, 5.74) is 0.840. The number of allylic oxidation sites excluding steroid dienone is 1. The second-order valence-corrected chi connectivity index (χ2v) is 5.46. The number of esters is 1. The van der Waals surface area contributed by atoms with Gasteiger partial charge in [0.25, 0.3) is 0 Å². The summed E-state index contributed by atoms with van der Waals surface area (Å²) in [7, 11) is 0. The van der Waals surface area contributed by atoms with Crippen molar-refractivity contribution in [2.75, 3.05) is 13.2 Å². The Labute approximate surface area is 148 Å². The Morgan fingerprint density at radius 1 is 1.20 bits per heavy atom. The highest BCUT2D eigenvalue weighted by Crippen LogP contribution is 2.31. The Morgan fingerprint density at radius 3 is 2.40 bits per heavy atom. The van der Waals surface area contributed by atoms with Crippen LogP contribution in [0.25, 0.3) is 16.3 Å². The van der Waals surface area contributed by atoms with E-state index in [1.54, 1.807) is 19.1 Å². The molecule has 8 heteroatoms. The fourth-order valence-corrected chi connectivity index (χ4v) is 2.76. The monoisotopic (exact) mass is 375 g/mol. The molecule has 0 spiro atoms. The van der Waals surface area contributed by atoms with Crippen molar-refractivity contribution < 1.29 is 27.4 Å². The molecule has 0 fully saturated rings. The molecule has 0 saturated heterocycles. The van der Waals surface area contributed by atoms with Gasteiger partial charge in [-0.2, -0.15) is 13.2 Å². The standard InChI is InChI=1S/C15H14F3NO3S.C2H6/c1-3-21-12(15(16,17)18)8-13-19-10-6-5-9(7-11(10)23-13)14(20)22-4-2;1-2/h5-8H,3-4H2,1-2H3;1-2H3/b12-8-;. The van der Waals surface area contributed by atoms with E-state index in [9.17, 15) is 18.0 Å². The van der Waals surface area contributed by atoms with Crippen molar-refractivity contribution in [1.82, 2.24) is 4.98 Å². The van der Waals surface area contributed by atoms with Gasteiger partial charge in [-0.3, -0.25) is 0 Å². The minimum atomic E-state index is -4.58. The smallest absolute Gasteiger partial charge is 0.449 e. The first-order valence-corrected chi connectivity index (χ1v) is 8.66. The van der Waals surface area contributed by atoms with Gasteiger partial charge in [-0.15, -0.1) is 11.3 Å². The highest BCUT2D eigenvalue weighted by Gasteiger charge is 2.36. The lowest BCUT2D eigenvalue weighted by atomic mass is 10.2. The number of thiazole rings is 1. The van der Waals surface area contributed by atoms with Crippen molar-refractivity contribution in [1.29, 1.82) is 0 Å². The molecule has 0 unspecified atom stereocenters. The Bertz CT molecular complexity index is 738. The van der Waals surface area contributed by atoms with Crippen LogP contribution in [0.4, 0.5) is 13.2 Å². The third-order valence-electron chi connectivity index (χ3n) is 2.75. The molecule has 2 aromatic rings. The molecular weight excluding hydrogens is 355 g/mol. The van der Waals surface area contributed by atoms with Crippen LogP contribution in [-0.2, 0) is 9.47 Å². The van der Waals surface area contributed by atoms with Crippen LogP contribution in [0.2, 0.25) is 0 Å². The largest absolute Gasteiger partial charge is 0.489 e. The van der Waals surface area contributed by atoms with Gasteiger partial charge in [-0.05, 0) is 32.0 Å².